The van der Waals surface area contributed by atoms with E-state index < -0.39 is 0 Å². The van der Waals surface area contributed by atoms with E-state index >= 15 is 0 Å². The van der Waals surface area contributed by atoms with Crippen LogP contribution in [0.1, 0.15) is 13.3 Å². The van der Waals surface area contributed by atoms with Gasteiger partial charge in [0.15, 0.2) is 0 Å². The Morgan fingerprint density at radius 1 is 1.75 bits per heavy atom. The molecule has 0 unspecified atom stereocenters. The van der Waals surface area contributed by atoms with Gasteiger partial charge in [-0.2, -0.15) is 0 Å². The summed E-state index contributed by atoms with van der Waals surface area (Å²) in [7, 11) is 0. The molecule has 0 aromatic carbocycles. The zero-order valence-corrected chi connectivity index (χ0v) is 8.77. The Balaban J connectivity index is 0. The summed E-state index contributed by atoms with van der Waals surface area (Å²) in [6.07, 6.45) is 1.02. The Morgan fingerprint density at radius 3 is 2.38 bits per heavy atom. The van der Waals surface area contributed by atoms with Gasteiger partial charge in [0.2, 0.25) is 0 Å². The van der Waals surface area contributed by atoms with Crippen LogP contribution in [0.15, 0.2) is 0 Å². The average Bonchev–Trinajstić information content (AvgIpc) is 1.61. The maximum atomic E-state index is 9.98. The molecular weight excluding hydrogens is 151 g/mol. The molecule has 0 aliphatic rings. The molecule has 0 spiro atoms. The van der Waals surface area contributed by atoms with Crippen molar-refractivity contribution in [1.82, 2.24) is 0 Å². The van der Waals surface area contributed by atoms with E-state index in [1.165, 1.54) is 11.8 Å². The van der Waals surface area contributed by atoms with Crippen molar-refractivity contribution in [2.24, 2.45) is 0 Å². The van der Waals surface area contributed by atoms with Crippen molar-refractivity contribution >= 4 is 28.4 Å². The quantitative estimate of drug-likeness (QED) is 0.336. The summed E-state index contributed by atoms with van der Waals surface area (Å²) in [5.74, 6) is 0.863. The van der Waals surface area contributed by atoms with Crippen LogP contribution in [0.5, 0.6) is 0 Å². The van der Waals surface area contributed by atoms with Crippen LogP contribution in [-0.4, -0.2) is 10.1 Å². The predicted octanol–water partition coefficient (Wildman–Crippen LogP) is -2.22. The van der Waals surface area contributed by atoms with E-state index in [0.717, 1.165) is 12.2 Å². The van der Waals surface area contributed by atoms with Gasteiger partial charge in [0.25, 0.3) is 0 Å². The van der Waals surface area contributed by atoms with Crippen LogP contribution in [0.3, 0.4) is 0 Å². The molecule has 0 aliphatic heterocycles. The molecule has 0 saturated heterocycles. The van der Waals surface area contributed by atoms with Gasteiger partial charge >= 0.3 is 29.6 Å². The minimum absolute atomic E-state index is 0. The largest absolute Gasteiger partial charge is 1.00 e. The summed E-state index contributed by atoms with van der Waals surface area (Å²) in [6.45, 7) is 2.02. The third-order valence-corrected chi connectivity index (χ3v) is 1.63. The van der Waals surface area contributed by atoms with Crippen molar-refractivity contribution in [3.63, 3.8) is 0 Å². The average molecular weight is 158 g/mol. The first kappa shape index (κ1) is 12.0. The number of thiocarbonyl (C=S) groups is 1. The molecule has 42 valence electrons. The van der Waals surface area contributed by atoms with Crippen molar-refractivity contribution in [2.45, 2.75) is 13.3 Å². The van der Waals surface area contributed by atoms with E-state index in [0.29, 0.717) is 0 Å². The molecule has 8 heavy (non-hydrogen) atoms. The van der Waals surface area contributed by atoms with Crippen LogP contribution >= 0.6 is 24.0 Å². The first-order valence-electron chi connectivity index (χ1n) is 2.11. The van der Waals surface area contributed by atoms with Crippen LogP contribution in [-0.2, 0) is 0 Å². The Bertz CT molecular complexity index is 67.1. The number of hydrogen-bond acceptors (Lipinski definition) is 3. The second kappa shape index (κ2) is 8.24. The molecule has 0 atom stereocenters. The van der Waals surface area contributed by atoms with Crippen LogP contribution in [0, 0.1) is 0 Å². The topological polar surface area (TPSA) is 23.1 Å². The van der Waals surface area contributed by atoms with Gasteiger partial charge in [0.05, 0.1) is 0 Å². The Kier molecular flexibility index (Phi) is 12.3. The van der Waals surface area contributed by atoms with E-state index in [1.54, 1.807) is 0 Å². The normalized spacial score (nSPS) is 7.62. The van der Waals surface area contributed by atoms with Gasteiger partial charge in [0, 0.05) is 0 Å². The predicted molar refractivity (Wildman–Crippen MR) is 35.3 cm³/mol. The third-order valence-electron chi connectivity index (χ3n) is 0.424. The van der Waals surface area contributed by atoms with Crippen molar-refractivity contribution in [2.75, 3.05) is 5.75 Å². The molecule has 0 rings (SSSR count). The van der Waals surface area contributed by atoms with Gasteiger partial charge in [-0.1, -0.05) is 19.1 Å². The molecule has 0 N–H and O–H groups in total. The van der Waals surface area contributed by atoms with Crippen LogP contribution in [0.2, 0.25) is 0 Å². The molecule has 0 saturated carbocycles. The Labute approximate surface area is 81.5 Å². The van der Waals surface area contributed by atoms with Gasteiger partial charge in [-0.15, -0.1) is 11.8 Å². The van der Waals surface area contributed by atoms with Crippen LogP contribution < -0.4 is 34.7 Å². The molecular formula is C4H7NaOS2. The third kappa shape index (κ3) is 10.3. The minimum atomic E-state index is -0.193. The maximum absolute atomic E-state index is 9.98. The van der Waals surface area contributed by atoms with Crippen molar-refractivity contribution < 1.29 is 34.7 Å². The molecule has 0 amide bonds. The fourth-order valence-electron chi connectivity index (χ4n) is 0.185. The maximum Gasteiger partial charge on any atom is 1.00 e. The molecule has 4 heteroatoms. The van der Waals surface area contributed by atoms with Crippen molar-refractivity contribution in [3.8, 4) is 0 Å². The zero-order chi connectivity index (χ0) is 5.70. The fourth-order valence-corrected chi connectivity index (χ4v) is 0.806. The van der Waals surface area contributed by atoms with Gasteiger partial charge < -0.3 is 5.11 Å². The van der Waals surface area contributed by atoms with Crippen LogP contribution in [0.25, 0.3) is 0 Å². The SMILES string of the molecule is CCCSC([O-])=S.[Na+]. The summed E-state index contributed by atoms with van der Waals surface area (Å²) >= 11 is 5.48. The van der Waals surface area contributed by atoms with Gasteiger partial charge in [0.1, 0.15) is 0 Å². The van der Waals surface area contributed by atoms with Crippen molar-refractivity contribution in [1.29, 1.82) is 0 Å². The number of rotatable bonds is 2. The standard InChI is InChI=1S/C4H8OS2.Na/c1-2-3-7-4(5)6;/h2-3H2,1H3,(H,5,6);/q;+1/p-1. The van der Waals surface area contributed by atoms with E-state index in [1.807, 2.05) is 6.92 Å². The molecule has 0 bridgehead atoms. The summed E-state index contributed by atoms with van der Waals surface area (Å²) in [6, 6.07) is 0. The van der Waals surface area contributed by atoms with E-state index in [-0.39, 0.29) is 33.9 Å². The van der Waals surface area contributed by atoms with Gasteiger partial charge in [-0.05, 0) is 16.6 Å². The number of hydrogen-bond donors (Lipinski definition) is 0. The Morgan fingerprint density at radius 2 is 2.25 bits per heavy atom. The molecule has 0 aromatic rings. The van der Waals surface area contributed by atoms with Crippen molar-refractivity contribution in [3.05, 3.63) is 0 Å². The van der Waals surface area contributed by atoms with E-state index in [4.69, 9.17) is 0 Å². The first-order valence-corrected chi connectivity index (χ1v) is 3.50. The first-order chi connectivity index (χ1) is 3.27. The minimum Gasteiger partial charge on any atom is -0.860 e. The number of thioether (sulfide) groups is 1. The molecule has 0 radical (unpaired) electrons. The monoisotopic (exact) mass is 158 g/mol. The smallest absolute Gasteiger partial charge is 0.860 e. The molecule has 0 aliphatic carbocycles. The fraction of sp³-hybridized carbons (Fsp3) is 0.750. The molecule has 1 nitrogen and oxygen atoms in total. The second-order valence-electron chi connectivity index (χ2n) is 1.10. The van der Waals surface area contributed by atoms with Gasteiger partial charge in [-0.25, -0.2) is 0 Å². The Hall–Kier alpha value is 1.24. The summed E-state index contributed by atoms with van der Waals surface area (Å²) < 4.78 is -0.193. The summed E-state index contributed by atoms with van der Waals surface area (Å²) in [5.41, 5.74) is 0. The zero-order valence-electron chi connectivity index (χ0n) is 5.14. The summed E-state index contributed by atoms with van der Waals surface area (Å²) in [5, 5.41) is 9.98. The second-order valence-corrected chi connectivity index (χ2v) is 2.80. The van der Waals surface area contributed by atoms with Gasteiger partial charge in [-0.3, -0.25) is 0 Å². The van der Waals surface area contributed by atoms with E-state index in [9.17, 15) is 5.11 Å². The molecule has 0 heterocycles. The summed E-state index contributed by atoms with van der Waals surface area (Å²) in [4.78, 5) is 0. The molecule has 0 fully saturated rings. The molecule has 0 aromatic heterocycles. The van der Waals surface area contributed by atoms with E-state index in [2.05, 4.69) is 12.2 Å². The van der Waals surface area contributed by atoms with Crippen LogP contribution in [0.4, 0.5) is 0 Å².